The van der Waals surface area contributed by atoms with Crippen LogP contribution in [-0.4, -0.2) is 57.0 Å². The van der Waals surface area contributed by atoms with Crippen LogP contribution in [0.5, 0.6) is 0 Å². The molecule has 1 fully saturated rings. The highest BCUT2D eigenvalue weighted by molar-refractivity contribution is 7.70. The van der Waals surface area contributed by atoms with Gasteiger partial charge in [-0.1, -0.05) is 0 Å². The number of halogens is 3. The molecule has 0 amide bonds. The fourth-order valence-electron chi connectivity index (χ4n) is 3.72. The van der Waals surface area contributed by atoms with Gasteiger partial charge in [-0.05, 0) is 42.7 Å². The molecule has 0 saturated carbocycles. The second-order valence-corrected chi connectivity index (χ2v) is 8.48. The highest BCUT2D eigenvalue weighted by Crippen LogP contribution is 2.26. The fourth-order valence-corrected chi connectivity index (χ4v) is 4.06. The third-order valence-electron chi connectivity index (χ3n) is 5.45. The van der Waals surface area contributed by atoms with Crippen LogP contribution in [0.15, 0.2) is 30.5 Å². The molecule has 0 spiro atoms. The molecular formula is C22H21F3N4O4S. The van der Waals surface area contributed by atoms with E-state index >= 15 is 4.39 Å². The molecule has 1 N–H and O–H groups in total. The number of morpholine rings is 1. The first kappa shape index (κ1) is 24.0. The van der Waals surface area contributed by atoms with Crippen LogP contribution in [0.4, 0.5) is 19.0 Å². The lowest BCUT2D eigenvalue weighted by Crippen LogP contribution is -2.36. The molecular weight excluding hydrogens is 473 g/mol. The predicted octanol–water partition coefficient (Wildman–Crippen LogP) is 2.16. The van der Waals surface area contributed by atoms with E-state index in [1.54, 1.807) is 6.20 Å². The standard InChI is InChI=1S/C22H21F3N4O4S/c23-15-10-13(2-1-5-27-34(31)32)20(24)19(21(15)25)22(30)14-3-4-16-17(11-14)28-18(12-26-16)29-6-8-33-9-7-29/h3-4,10-12,34H,1-2,5-9H2,(H,27,31,32). The summed E-state index contributed by atoms with van der Waals surface area (Å²) in [6, 6.07) is 4.91. The minimum atomic E-state index is -2.82. The van der Waals surface area contributed by atoms with Crippen molar-refractivity contribution < 1.29 is 31.1 Å². The number of hydrogen-bond donors (Lipinski definition) is 2. The lowest BCUT2D eigenvalue weighted by Gasteiger charge is -2.27. The van der Waals surface area contributed by atoms with Crippen LogP contribution in [0.3, 0.4) is 0 Å². The monoisotopic (exact) mass is 494 g/mol. The summed E-state index contributed by atoms with van der Waals surface area (Å²) >= 11 is 0. The van der Waals surface area contributed by atoms with Crippen molar-refractivity contribution in [2.24, 2.45) is 0 Å². The van der Waals surface area contributed by atoms with Gasteiger partial charge in [0.1, 0.15) is 11.6 Å². The van der Waals surface area contributed by atoms with Crippen molar-refractivity contribution in [1.29, 1.82) is 0 Å². The molecule has 0 radical (unpaired) electrons. The minimum Gasteiger partial charge on any atom is -0.378 e. The number of carbonyl (C=O) groups excluding carboxylic acids is 1. The van der Waals surface area contributed by atoms with Crippen molar-refractivity contribution in [3.05, 3.63) is 64.6 Å². The van der Waals surface area contributed by atoms with Gasteiger partial charge >= 0.3 is 0 Å². The average Bonchev–Trinajstić information content (AvgIpc) is 2.84. The largest absolute Gasteiger partial charge is 0.378 e. The van der Waals surface area contributed by atoms with Gasteiger partial charge in [0.15, 0.2) is 17.4 Å². The van der Waals surface area contributed by atoms with Crippen LogP contribution in [-0.2, 0) is 22.0 Å². The van der Waals surface area contributed by atoms with Gasteiger partial charge in [-0.2, -0.15) is 0 Å². The molecule has 0 atom stereocenters. The maximum Gasteiger partial charge on any atom is 0.201 e. The molecule has 0 bridgehead atoms. The number of ketones is 1. The van der Waals surface area contributed by atoms with Crippen molar-refractivity contribution in [3.8, 4) is 0 Å². The predicted molar refractivity (Wildman–Crippen MR) is 119 cm³/mol. The summed E-state index contributed by atoms with van der Waals surface area (Å²) in [4.78, 5) is 23.9. The summed E-state index contributed by atoms with van der Waals surface area (Å²) in [6.07, 6.45) is 1.64. The highest BCUT2D eigenvalue weighted by atomic mass is 32.2. The number of rotatable bonds is 8. The van der Waals surface area contributed by atoms with Crippen LogP contribution < -0.4 is 9.62 Å². The maximum absolute atomic E-state index is 15.0. The van der Waals surface area contributed by atoms with E-state index in [9.17, 15) is 22.0 Å². The number of aromatic nitrogens is 2. The van der Waals surface area contributed by atoms with Crippen LogP contribution >= 0.6 is 0 Å². The Balaban J connectivity index is 1.65. The van der Waals surface area contributed by atoms with Crippen molar-refractivity contribution in [2.75, 3.05) is 37.7 Å². The van der Waals surface area contributed by atoms with Gasteiger partial charge in [0.2, 0.25) is 10.9 Å². The summed E-state index contributed by atoms with van der Waals surface area (Å²) in [7, 11) is -2.82. The number of carbonyl (C=O) groups is 1. The molecule has 180 valence electrons. The maximum atomic E-state index is 15.0. The number of thiol groups is 1. The lowest BCUT2D eigenvalue weighted by molar-refractivity contribution is 0.102. The zero-order valence-electron chi connectivity index (χ0n) is 17.9. The Hall–Kier alpha value is -3.09. The molecule has 2 heterocycles. The topological polar surface area (TPSA) is 101 Å². The molecule has 1 aromatic heterocycles. The van der Waals surface area contributed by atoms with Gasteiger partial charge in [-0.3, -0.25) is 9.78 Å². The number of hydrogen-bond acceptors (Lipinski definition) is 7. The first-order chi connectivity index (χ1) is 16.3. The Morgan fingerprint density at radius 3 is 2.59 bits per heavy atom. The van der Waals surface area contributed by atoms with E-state index in [1.165, 1.54) is 18.2 Å². The molecule has 1 saturated heterocycles. The molecule has 34 heavy (non-hydrogen) atoms. The fraction of sp³-hybridized carbons (Fsp3) is 0.318. The van der Waals surface area contributed by atoms with E-state index < -0.39 is 39.7 Å². The van der Waals surface area contributed by atoms with Gasteiger partial charge < -0.3 is 9.64 Å². The molecule has 1 aliphatic rings. The van der Waals surface area contributed by atoms with Crippen molar-refractivity contribution >= 4 is 33.5 Å². The van der Waals surface area contributed by atoms with E-state index in [4.69, 9.17) is 4.74 Å². The van der Waals surface area contributed by atoms with E-state index in [0.717, 1.165) is 0 Å². The Kier molecular flexibility index (Phi) is 7.39. The SMILES string of the molecule is O=C(c1ccc2ncc(N3CCOCC3)nc2c1)c1c(F)c(F)cc(CCCN[SH](=O)=O)c1F. The van der Waals surface area contributed by atoms with E-state index in [-0.39, 0.29) is 30.5 Å². The van der Waals surface area contributed by atoms with Gasteiger partial charge in [0.25, 0.3) is 0 Å². The molecule has 4 rings (SSSR count). The first-order valence-corrected chi connectivity index (χ1v) is 11.7. The molecule has 0 aliphatic carbocycles. The van der Waals surface area contributed by atoms with Crippen LogP contribution in [0.25, 0.3) is 11.0 Å². The molecule has 1 aliphatic heterocycles. The van der Waals surface area contributed by atoms with Crippen LogP contribution in [0, 0.1) is 17.5 Å². The summed E-state index contributed by atoms with van der Waals surface area (Å²) in [6.45, 7) is 2.34. The Morgan fingerprint density at radius 2 is 1.85 bits per heavy atom. The molecule has 2 aromatic carbocycles. The zero-order chi connectivity index (χ0) is 24.2. The molecule has 8 nitrogen and oxygen atoms in total. The lowest BCUT2D eigenvalue weighted by atomic mass is 9.97. The second kappa shape index (κ2) is 10.5. The molecule has 3 aromatic rings. The Bertz CT molecular complexity index is 1310. The zero-order valence-corrected chi connectivity index (χ0v) is 18.8. The van der Waals surface area contributed by atoms with E-state index in [1.807, 2.05) is 4.90 Å². The van der Waals surface area contributed by atoms with Crippen molar-refractivity contribution in [2.45, 2.75) is 12.8 Å². The summed E-state index contributed by atoms with van der Waals surface area (Å²) in [5.74, 6) is -4.57. The smallest absolute Gasteiger partial charge is 0.201 e. The Labute approximate surface area is 194 Å². The molecule has 12 heteroatoms. The number of fused-ring (bicyclic) bond motifs is 1. The van der Waals surface area contributed by atoms with Gasteiger partial charge in [0.05, 0.1) is 36.0 Å². The van der Waals surface area contributed by atoms with E-state index in [0.29, 0.717) is 49.2 Å². The third kappa shape index (κ3) is 5.18. The Morgan fingerprint density at radius 1 is 1.09 bits per heavy atom. The van der Waals surface area contributed by atoms with E-state index in [2.05, 4.69) is 14.7 Å². The summed E-state index contributed by atoms with van der Waals surface area (Å²) in [5.41, 5.74) is -0.459. The van der Waals surface area contributed by atoms with Gasteiger partial charge in [-0.15, -0.1) is 0 Å². The third-order valence-corrected chi connectivity index (χ3v) is 5.93. The first-order valence-electron chi connectivity index (χ1n) is 10.5. The average molecular weight is 494 g/mol. The summed E-state index contributed by atoms with van der Waals surface area (Å²) < 4.78 is 72.4. The van der Waals surface area contributed by atoms with Crippen LogP contribution in [0.2, 0.25) is 0 Å². The van der Waals surface area contributed by atoms with Crippen LogP contribution in [0.1, 0.15) is 27.9 Å². The number of benzene rings is 2. The summed E-state index contributed by atoms with van der Waals surface area (Å²) in [5, 5.41) is 0. The van der Waals surface area contributed by atoms with Crippen molar-refractivity contribution in [3.63, 3.8) is 0 Å². The second-order valence-electron chi connectivity index (χ2n) is 7.65. The normalized spacial score (nSPS) is 14.2. The quantitative estimate of drug-likeness (QED) is 0.214. The number of anilines is 1. The number of aryl methyl sites for hydroxylation is 1. The number of nitrogens with zero attached hydrogens (tertiary/aromatic N) is 3. The molecule has 0 unspecified atom stereocenters. The van der Waals surface area contributed by atoms with Crippen molar-refractivity contribution in [1.82, 2.24) is 14.7 Å². The van der Waals surface area contributed by atoms with Gasteiger partial charge in [0, 0.05) is 25.2 Å². The minimum absolute atomic E-state index is 0.00472. The number of nitrogens with one attached hydrogen (secondary N) is 1. The number of ether oxygens (including phenoxy) is 1. The highest BCUT2D eigenvalue weighted by Gasteiger charge is 2.25. The van der Waals surface area contributed by atoms with Gasteiger partial charge in [-0.25, -0.2) is 31.3 Å².